The molecule has 3 atom stereocenters. The number of ether oxygens (including phenoxy) is 3. The van der Waals surface area contributed by atoms with Crippen LogP contribution in [0.25, 0.3) is 32.7 Å². The molecule has 15 heteroatoms. The third-order valence-corrected chi connectivity index (χ3v) is 14.6. The molecule has 3 aliphatic carbocycles. The van der Waals surface area contributed by atoms with Crippen molar-refractivity contribution in [2.24, 2.45) is 0 Å². The quantitative estimate of drug-likeness (QED) is 0.0475. The van der Waals surface area contributed by atoms with Crippen molar-refractivity contribution < 1.29 is 23.8 Å². The van der Waals surface area contributed by atoms with Gasteiger partial charge in [0.15, 0.2) is 0 Å². The summed E-state index contributed by atoms with van der Waals surface area (Å²) in [6, 6.07) is 48.5. The summed E-state index contributed by atoms with van der Waals surface area (Å²) in [5, 5.41) is 19.3. The van der Waals surface area contributed by atoms with Crippen LogP contribution in [0.2, 0.25) is 0 Å². The van der Waals surface area contributed by atoms with Crippen molar-refractivity contribution in [1.29, 1.82) is 0 Å². The number of anilines is 6. The van der Waals surface area contributed by atoms with E-state index in [2.05, 4.69) is 56.9 Å². The number of pyridine rings is 3. The molecule has 0 spiro atoms. The van der Waals surface area contributed by atoms with Gasteiger partial charge >= 0.3 is 0 Å². The molecule has 0 fully saturated rings. The number of nitrogens with zero attached hydrogens (tertiary/aromatic N) is 3. The second-order valence-electron chi connectivity index (χ2n) is 19.2. The van der Waals surface area contributed by atoms with Crippen molar-refractivity contribution >= 4 is 90.6 Å². The number of fused-ring (bicyclic) bond motifs is 6. The van der Waals surface area contributed by atoms with E-state index in [0.29, 0.717) is 12.1 Å². The molecule has 3 unspecified atom stereocenters. The first-order chi connectivity index (χ1) is 37.6. The first kappa shape index (κ1) is 51.8. The molecule has 2 amide bonds. The van der Waals surface area contributed by atoms with Gasteiger partial charge in [0.25, 0.3) is 0 Å². The minimum atomic E-state index is -0.226. The largest absolute Gasteiger partial charge is 0.496 e. The zero-order valence-electron chi connectivity index (χ0n) is 43.6. The molecule has 12 rings (SSSR count). The first-order valence-corrected chi connectivity index (χ1v) is 26.5. The monoisotopic (exact) mass is 1050 g/mol. The molecule has 14 nitrogen and oxygen atoms in total. The number of aromatic nitrogens is 3. The fourth-order valence-electron chi connectivity index (χ4n) is 10.7. The Morgan fingerprint density at radius 2 is 0.883 bits per heavy atom. The van der Waals surface area contributed by atoms with Gasteiger partial charge < -0.3 is 46.5 Å². The predicted octanol–water partition coefficient (Wildman–Crippen LogP) is 13.1. The van der Waals surface area contributed by atoms with E-state index < -0.39 is 0 Å². The number of alkyl halides is 1. The normalized spacial score (nSPS) is 15.7. The summed E-state index contributed by atoms with van der Waals surface area (Å²) >= 11 is 5.54. The Bertz CT molecular complexity index is 3470. The molecule has 7 N–H and O–H groups in total. The Kier molecular flexibility index (Phi) is 15.8. The van der Waals surface area contributed by atoms with Crippen LogP contribution in [0.15, 0.2) is 146 Å². The molecule has 6 aromatic carbocycles. The van der Waals surface area contributed by atoms with Crippen LogP contribution < -0.4 is 46.5 Å². The highest BCUT2D eigenvalue weighted by molar-refractivity contribution is 6.29. The topological polar surface area (TPSA) is 187 Å². The zero-order valence-corrected chi connectivity index (χ0v) is 44.3. The SMILES string of the molecule is CCC(=O)Nc1ccc2nc(NC3CCc4cccc(OC)c43)ccc2c1.COc1cccc2c1C(Nc1ccc3cc(N)ccc3n1)CC2.COc1cccc2c1C(Nc1ccc3cc(NC(=O)CCl)ccc3n1)CC2. The van der Waals surface area contributed by atoms with Gasteiger partial charge in [0.2, 0.25) is 11.8 Å². The Balaban J connectivity index is 0.000000131. The highest BCUT2D eigenvalue weighted by atomic mass is 35.5. The smallest absolute Gasteiger partial charge is 0.239 e. The molecule has 392 valence electrons. The summed E-state index contributed by atoms with van der Waals surface area (Å²) in [6.07, 6.45) is 6.69. The Morgan fingerprint density at radius 1 is 0.506 bits per heavy atom. The van der Waals surface area contributed by atoms with Crippen LogP contribution in [-0.2, 0) is 28.9 Å². The maximum absolute atomic E-state index is 11.6. The minimum absolute atomic E-state index is 0.00874. The van der Waals surface area contributed by atoms with Gasteiger partial charge in [-0.1, -0.05) is 43.3 Å². The Morgan fingerprint density at radius 3 is 1.26 bits per heavy atom. The predicted molar refractivity (Wildman–Crippen MR) is 311 cm³/mol. The maximum atomic E-state index is 11.6. The second-order valence-corrected chi connectivity index (χ2v) is 19.5. The van der Waals surface area contributed by atoms with Crippen LogP contribution in [0.1, 0.15) is 84.1 Å². The van der Waals surface area contributed by atoms with Crippen molar-refractivity contribution in [3.8, 4) is 17.2 Å². The summed E-state index contributed by atoms with van der Waals surface area (Å²) in [7, 11) is 5.15. The number of nitrogens with two attached hydrogens (primary N) is 1. The highest BCUT2D eigenvalue weighted by Gasteiger charge is 2.29. The van der Waals surface area contributed by atoms with Crippen molar-refractivity contribution in [3.05, 3.63) is 179 Å². The summed E-state index contributed by atoms with van der Waals surface area (Å²) in [5.74, 6) is 5.07. The summed E-state index contributed by atoms with van der Waals surface area (Å²) in [5.41, 5.74) is 18.5. The van der Waals surface area contributed by atoms with Crippen LogP contribution >= 0.6 is 11.6 Å². The van der Waals surface area contributed by atoms with Gasteiger partial charge in [0, 0.05) is 56.3 Å². The molecule has 0 bridgehead atoms. The molecular formula is C62H62ClN9O5. The Labute approximate surface area is 453 Å². The third-order valence-electron chi connectivity index (χ3n) is 14.3. The van der Waals surface area contributed by atoms with E-state index >= 15 is 0 Å². The number of nitrogen functional groups attached to an aromatic ring is 1. The van der Waals surface area contributed by atoms with Crippen LogP contribution in [0.4, 0.5) is 34.5 Å². The number of nitrogens with one attached hydrogen (secondary N) is 5. The van der Waals surface area contributed by atoms with E-state index in [4.69, 9.17) is 46.5 Å². The number of carbonyl (C=O) groups is 2. The Hall–Kier alpha value is -8.62. The number of rotatable bonds is 13. The second kappa shape index (κ2) is 23.5. The fourth-order valence-corrected chi connectivity index (χ4v) is 10.7. The van der Waals surface area contributed by atoms with Gasteiger partial charge in [-0.25, -0.2) is 15.0 Å². The number of hydrogen-bond donors (Lipinski definition) is 6. The van der Waals surface area contributed by atoms with Gasteiger partial charge in [-0.2, -0.15) is 0 Å². The average molecular weight is 1050 g/mol. The molecule has 3 aromatic heterocycles. The fraction of sp³-hybridized carbons (Fsp3) is 0.242. The van der Waals surface area contributed by atoms with Gasteiger partial charge in [-0.3, -0.25) is 9.59 Å². The maximum Gasteiger partial charge on any atom is 0.239 e. The van der Waals surface area contributed by atoms with E-state index in [9.17, 15) is 9.59 Å². The van der Waals surface area contributed by atoms with E-state index in [1.54, 1.807) is 21.3 Å². The molecule has 9 aromatic rings. The lowest BCUT2D eigenvalue weighted by Gasteiger charge is -2.18. The van der Waals surface area contributed by atoms with E-state index in [0.717, 1.165) is 117 Å². The van der Waals surface area contributed by atoms with E-state index in [1.807, 2.05) is 122 Å². The van der Waals surface area contributed by atoms with Gasteiger partial charge in [0.05, 0.1) is 56.0 Å². The summed E-state index contributed by atoms with van der Waals surface area (Å²) < 4.78 is 16.6. The van der Waals surface area contributed by atoms with Crippen molar-refractivity contribution in [2.75, 3.05) is 59.5 Å². The zero-order chi connectivity index (χ0) is 53.4. The number of carbonyl (C=O) groups excluding carboxylic acids is 2. The van der Waals surface area contributed by atoms with Crippen LogP contribution in [0.3, 0.4) is 0 Å². The number of aryl methyl sites for hydroxylation is 3. The van der Waals surface area contributed by atoms with Crippen molar-refractivity contribution in [1.82, 2.24) is 15.0 Å². The van der Waals surface area contributed by atoms with E-state index in [1.165, 1.54) is 33.4 Å². The average Bonchev–Trinajstić information content (AvgIpc) is 4.23. The third kappa shape index (κ3) is 11.8. The van der Waals surface area contributed by atoms with Crippen LogP contribution in [0.5, 0.6) is 17.2 Å². The molecular weight excluding hydrogens is 986 g/mol. The molecule has 3 aliphatic rings. The lowest BCUT2D eigenvalue weighted by atomic mass is 10.1. The van der Waals surface area contributed by atoms with Gasteiger partial charge in [0.1, 0.15) is 40.6 Å². The number of halogens is 1. The lowest BCUT2D eigenvalue weighted by Crippen LogP contribution is -2.12. The molecule has 0 saturated heterocycles. The number of benzene rings is 6. The molecule has 3 heterocycles. The lowest BCUT2D eigenvalue weighted by molar-refractivity contribution is -0.116. The first-order valence-electron chi connectivity index (χ1n) is 26.0. The summed E-state index contributed by atoms with van der Waals surface area (Å²) in [6.45, 7) is 1.84. The standard InChI is InChI=1S/C22H23N3O2.C21H20ClN3O2.C19H19N3O/c1-3-21(26)23-16-9-11-17-15(13-16)8-12-20(24-17)25-18-10-7-14-5-4-6-19(27-2)22(14)18;1-27-18-4-2-3-13-5-8-17(21(13)18)25-19-10-6-14-11-15(23-20(26)12-22)7-9-16(14)24-19;1-23-17-4-2-3-12-5-8-16(19(12)17)22-18-10-6-13-11-14(20)7-9-15(13)21-18/h4-6,8-9,11-13,18H,3,7,10H2,1-2H3,(H,23,26)(H,24,25);2-4,6-7,9-11,17H,5,8,12H2,1H3,(H,23,26)(H,24,25);2-4,6-7,9-11,16H,5,8,20H2,1H3,(H,21,22). The number of hydrogen-bond acceptors (Lipinski definition) is 12. The van der Waals surface area contributed by atoms with Crippen LogP contribution in [-0.4, -0.2) is 54.0 Å². The molecule has 0 radical (unpaired) electrons. The van der Waals surface area contributed by atoms with Crippen molar-refractivity contribution in [3.63, 3.8) is 0 Å². The van der Waals surface area contributed by atoms with Crippen LogP contribution in [0, 0.1) is 0 Å². The molecule has 77 heavy (non-hydrogen) atoms. The van der Waals surface area contributed by atoms with Gasteiger partial charge in [-0.05, 0) is 164 Å². The summed E-state index contributed by atoms with van der Waals surface area (Å²) in [4.78, 5) is 37.2. The molecule has 0 aliphatic heterocycles. The van der Waals surface area contributed by atoms with E-state index in [-0.39, 0.29) is 35.8 Å². The van der Waals surface area contributed by atoms with Gasteiger partial charge in [-0.15, -0.1) is 11.6 Å². The van der Waals surface area contributed by atoms with Crippen molar-refractivity contribution in [2.45, 2.75) is 70.0 Å². The number of methoxy groups -OCH3 is 3. The minimum Gasteiger partial charge on any atom is -0.496 e. The highest BCUT2D eigenvalue weighted by Crippen LogP contribution is 2.42. The number of amides is 2. The molecule has 0 saturated carbocycles.